The minimum absolute atomic E-state index is 0.00636. The first-order chi connectivity index (χ1) is 12.4. The molecule has 2 unspecified atom stereocenters. The molecular weight excluding hydrogens is 352 g/mol. The maximum atomic E-state index is 13.3. The zero-order chi connectivity index (χ0) is 18.8. The van der Waals surface area contributed by atoms with Gasteiger partial charge in [-0.1, -0.05) is 13.0 Å². The van der Waals surface area contributed by atoms with Crippen molar-refractivity contribution in [1.82, 2.24) is 9.80 Å². The van der Waals surface area contributed by atoms with E-state index in [0.29, 0.717) is 29.5 Å². The van der Waals surface area contributed by atoms with E-state index in [0.717, 1.165) is 5.56 Å². The average molecular weight is 378 g/mol. The molecule has 2 amide bonds. The maximum absolute atomic E-state index is 13.3. The molecule has 1 aromatic carbocycles. The number of fused-ring (bicyclic) bond motifs is 1. The molecule has 2 atom stereocenters. The molecule has 2 aliphatic rings. The van der Waals surface area contributed by atoms with Crippen molar-refractivity contribution in [2.24, 2.45) is 0 Å². The Kier molecular flexibility index (Phi) is 5.65. The molecule has 0 saturated carbocycles. The summed E-state index contributed by atoms with van der Waals surface area (Å²) in [5.74, 6) is 2.33. The maximum Gasteiger partial charge on any atom is 0.246 e. The highest BCUT2D eigenvalue weighted by Gasteiger charge is 2.39. The van der Waals surface area contributed by atoms with E-state index >= 15 is 0 Å². The Morgan fingerprint density at radius 2 is 2.04 bits per heavy atom. The molecule has 142 valence electrons. The van der Waals surface area contributed by atoms with Gasteiger partial charge in [-0.05, 0) is 38.0 Å². The monoisotopic (exact) mass is 378 g/mol. The smallest absolute Gasteiger partial charge is 0.246 e. The van der Waals surface area contributed by atoms with Gasteiger partial charge in [-0.25, -0.2) is 0 Å². The third-order valence-corrected chi connectivity index (χ3v) is 6.09. The second kappa shape index (κ2) is 7.78. The summed E-state index contributed by atoms with van der Waals surface area (Å²) in [7, 11) is 1.80. The zero-order valence-electron chi connectivity index (χ0n) is 15.7. The van der Waals surface area contributed by atoms with E-state index in [-0.39, 0.29) is 36.6 Å². The van der Waals surface area contributed by atoms with E-state index in [1.165, 1.54) is 0 Å². The minimum atomic E-state index is -0.386. The van der Waals surface area contributed by atoms with Gasteiger partial charge in [0.1, 0.15) is 6.04 Å². The van der Waals surface area contributed by atoms with Gasteiger partial charge in [0.15, 0.2) is 11.5 Å². The van der Waals surface area contributed by atoms with Crippen LogP contribution in [0.1, 0.15) is 38.7 Å². The molecule has 2 aliphatic heterocycles. The van der Waals surface area contributed by atoms with Crippen molar-refractivity contribution in [3.05, 3.63) is 23.8 Å². The molecule has 0 aliphatic carbocycles. The van der Waals surface area contributed by atoms with Crippen molar-refractivity contribution in [1.29, 1.82) is 0 Å². The average Bonchev–Trinajstić information content (AvgIpc) is 3.29. The van der Waals surface area contributed by atoms with E-state index in [9.17, 15) is 9.59 Å². The molecule has 0 bridgehead atoms. The van der Waals surface area contributed by atoms with Crippen molar-refractivity contribution >= 4 is 23.6 Å². The summed E-state index contributed by atoms with van der Waals surface area (Å²) in [6.45, 7) is 6.17. The van der Waals surface area contributed by atoms with Crippen LogP contribution in [0.15, 0.2) is 18.2 Å². The lowest BCUT2D eigenvalue weighted by atomic mass is 9.94. The van der Waals surface area contributed by atoms with Crippen LogP contribution < -0.4 is 9.47 Å². The Labute approximate surface area is 158 Å². The highest BCUT2D eigenvalue weighted by Crippen LogP contribution is 2.37. The lowest BCUT2D eigenvalue weighted by Crippen LogP contribution is -2.50. The quantitative estimate of drug-likeness (QED) is 0.788. The molecular formula is C19H26N2O4S. The summed E-state index contributed by atoms with van der Waals surface area (Å²) in [6, 6.07) is 5.37. The highest BCUT2D eigenvalue weighted by molar-refractivity contribution is 7.99. The number of hydrogen-bond donors (Lipinski definition) is 0. The van der Waals surface area contributed by atoms with Crippen molar-refractivity contribution in [2.45, 2.75) is 45.2 Å². The van der Waals surface area contributed by atoms with Crippen LogP contribution in [0.4, 0.5) is 0 Å². The normalized spacial score (nSPS) is 19.7. The zero-order valence-corrected chi connectivity index (χ0v) is 16.5. The van der Waals surface area contributed by atoms with E-state index in [1.807, 2.05) is 39.0 Å². The Balaban J connectivity index is 1.80. The summed E-state index contributed by atoms with van der Waals surface area (Å²) >= 11 is 1.63. The summed E-state index contributed by atoms with van der Waals surface area (Å²) in [5, 5.41) is 0. The molecule has 26 heavy (non-hydrogen) atoms. The number of amides is 2. The predicted octanol–water partition coefficient (Wildman–Crippen LogP) is 2.68. The van der Waals surface area contributed by atoms with E-state index in [1.54, 1.807) is 28.6 Å². The molecule has 0 aromatic heterocycles. The van der Waals surface area contributed by atoms with Crippen molar-refractivity contribution in [3.8, 4) is 11.5 Å². The van der Waals surface area contributed by atoms with Crippen LogP contribution in [0.5, 0.6) is 11.5 Å². The summed E-state index contributed by atoms with van der Waals surface area (Å²) in [6.07, 6.45) is 0.667. The van der Waals surface area contributed by atoms with Crippen LogP contribution in [0, 0.1) is 0 Å². The fourth-order valence-corrected chi connectivity index (χ4v) is 4.39. The van der Waals surface area contributed by atoms with E-state index < -0.39 is 0 Å². The van der Waals surface area contributed by atoms with E-state index in [2.05, 4.69) is 0 Å². The number of benzene rings is 1. The van der Waals surface area contributed by atoms with Gasteiger partial charge in [-0.15, -0.1) is 11.8 Å². The summed E-state index contributed by atoms with van der Waals surface area (Å²) in [5.41, 5.74) is 0.905. The summed E-state index contributed by atoms with van der Waals surface area (Å²) in [4.78, 5) is 29.5. The van der Waals surface area contributed by atoms with Gasteiger partial charge in [0.25, 0.3) is 0 Å². The Morgan fingerprint density at radius 3 is 2.73 bits per heavy atom. The first-order valence-corrected chi connectivity index (χ1v) is 10.1. The Morgan fingerprint density at radius 1 is 1.31 bits per heavy atom. The van der Waals surface area contributed by atoms with Gasteiger partial charge in [0.2, 0.25) is 18.6 Å². The molecule has 0 spiro atoms. The van der Waals surface area contributed by atoms with Gasteiger partial charge in [-0.3, -0.25) is 9.59 Å². The Hall–Kier alpha value is -1.89. The number of ether oxygens (including phenoxy) is 2. The van der Waals surface area contributed by atoms with Crippen LogP contribution in [0.25, 0.3) is 0 Å². The molecule has 3 rings (SSSR count). The second-order valence-electron chi connectivity index (χ2n) is 6.94. The fourth-order valence-electron chi connectivity index (χ4n) is 3.24. The molecule has 6 nitrogen and oxygen atoms in total. The number of thioether (sulfide) groups is 1. The largest absolute Gasteiger partial charge is 0.454 e. The number of carbonyl (C=O) groups is 2. The SMILES string of the molecule is CCC(C(=O)N1CSCC1C(=O)N(C)C(C)C)c1ccc2c(c1)OCO2. The van der Waals surface area contributed by atoms with E-state index in [4.69, 9.17) is 9.47 Å². The molecule has 0 N–H and O–H groups in total. The van der Waals surface area contributed by atoms with Crippen LogP contribution >= 0.6 is 11.8 Å². The molecule has 0 radical (unpaired) electrons. The molecule has 7 heteroatoms. The number of likely N-dealkylation sites (N-methyl/N-ethyl adjacent to an activating group) is 1. The number of rotatable bonds is 5. The number of nitrogens with zero attached hydrogens (tertiary/aromatic N) is 2. The van der Waals surface area contributed by atoms with Gasteiger partial charge < -0.3 is 19.3 Å². The van der Waals surface area contributed by atoms with Crippen LogP contribution in [0.3, 0.4) is 0 Å². The first-order valence-electron chi connectivity index (χ1n) is 8.98. The fraction of sp³-hybridized carbons (Fsp3) is 0.579. The van der Waals surface area contributed by atoms with Gasteiger partial charge in [0, 0.05) is 18.8 Å². The van der Waals surface area contributed by atoms with Gasteiger partial charge in [-0.2, -0.15) is 0 Å². The lowest BCUT2D eigenvalue weighted by molar-refractivity contribution is -0.144. The highest BCUT2D eigenvalue weighted by atomic mass is 32.2. The first kappa shape index (κ1) is 18.9. The predicted molar refractivity (Wildman–Crippen MR) is 101 cm³/mol. The molecule has 2 heterocycles. The van der Waals surface area contributed by atoms with Crippen molar-refractivity contribution < 1.29 is 19.1 Å². The van der Waals surface area contributed by atoms with Crippen LogP contribution in [0.2, 0.25) is 0 Å². The lowest BCUT2D eigenvalue weighted by Gasteiger charge is -2.31. The van der Waals surface area contributed by atoms with Crippen LogP contribution in [-0.4, -0.2) is 59.2 Å². The standard InChI is InChI=1S/C19H26N2O4S/c1-5-14(13-6-7-16-17(8-13)25-11-24-16)18(22)21-10-26-9-15(21)19(23)20(4)12(2)3/h6-8,12,14-15H,5,9-11H2,1-4H3. The molecule has 1 fully saturated rings. The Bertz CT molecular complexity index is 694. The minimum Gasteiger partial charge on any atom is -0.454 e. The topological polar surface area (TPSA) is 59.1 Å². The van der Waals surface area contributed by atoms with Gasteiger partial charge >= 0.3 is 0 Å². The van der Waals surface area contributed by atoms with Crippen LogP contribution in [-0.2, 0) is 9.59 Å². The number of carbonyl (C=O) groups excluding carboxylic acids is 2. The third-order valence-electron chi connectivity index (χ3n) is 5.08. The molecule has 1 saturated heterocycles. The second-order valence-corrected chi connectivity index (χ2v) is 7.94. The molecule has 1 aromatic rings. The summed E-state index contributed by atoms with van der Waals surface area (Å²) < 4.78 is 10.8. The van der Waals surface area contributed by atoms with Crippen molar-refractivity contribution in [3.63, 3.8) is 0 Å². The van der Waals surface area contributed by atoms with Crippen molar-refractivity contribution in [2.75, 3.05) is 25.5 Å². The van der Waals surface area contributed by atoms with Gasteiger partial charge in [0.05, 0.1) is 11.8 Å². The number of hydrogen-bond acceptors (Lipinski definition) is 5. The third kappa shape index (κ3) is 3.49.